The summed E-state index contributed by atoms with van der Waals surface area (Å²) in [5, 5.41) is 2.93. The van der Waals surface area contributed by atoms with Crippen LogP contribution < -0.4 is 5.32 Å². The van der Waals surface area contributed by atoms with Crippen molar-refractivity contribution in [2.75, 3.05) is 26.2 Å². The second kappa shape index (κ2) is 7.43. The Morgan fingerprint density at radius 2 is 1.70 bits per heavy atom. The molecule has 4 rings (SSSR count). The van der Waals surface area contributed by atoms with Gasteiger partial charge in [-0.2, -0.15) is 0 Å². The normalized spacial score (nSPS) is 23.2. The van der Waals surface area contributed by atoms with Crippen LogP contribution in [-0.4, -0.2) is 59.2 Å². The van der Waals surface area contributed by atoms with Gasteiger partial charge in [-0.1, -0.05) is 43.2 Å². The van der Waals surface area contributed by atoms with Gasteiger partial charge in [-0.15, -0.1) is 0 Å². The van der Waals surface area contributed by atoms with Crippen molar-refractivity contribution < 1.29 is 14.4 Å². The summed E-state index contributed by atoms with van der Waals surface area (Å²) < 4.78 is 0. The van der Waals surface area contributed by atoms with Crippen molar-refractivity contribution in [3.8, 4) is 0 Å². The van der Waals surface area contributed by atoms with Gasteiger partial charge in [0.2, 0.25) is 0 Å². The van der Waals surface area contributed by atoms with Gasteiger partial charge in [0.25, 0.3) is 5.91 Å². The topological polar surface area (TPSA) is 69.7 Å². The van der Waals surface area contributed by atoms with Crippen molar-refractivity contribution in [3.05, 3.63) is 35.9 Å². The number of carbonyl (C=O) groups is 3. The predicted molar refractivity (Wildman–Crippen MR) is 101 cm³/mol. The first-order chi connectivity index (χ1) is 13.1. The maximum absolute atomic E-state index is 12.7. The van der Waals surface area contributed by atoms with Crippen LogP contribution >= 0.6 is 0 Å². The first-order valence-corrected chi connectivity index (χ1v) is 10.0. The molecule has 0 unspecified atom stereocenters. The Balaban J connectivity index is 1.27. The van der Waals surface area contributed by atoms with Crippen molar-refractivity contribution in [2.45, 2.75) is 44.1 Å². The summed E-state index contributed by atoms with van der Waals surface area (Å²) in [5.74, 6) is 0.258. The molecule has 2 aliphatic heterocycles. The monoisotopic (exact) mass is 369 g/mol. The number of carbonyl (C=O) groups excluding carboxylic acids is 3. The van der Waals surface area contributed by atoms with Crippen LogP contribution in [0, 0.1) is 5.92 Å². The quantitative estimate of drug-likeness (QED) is 0.639. The fourth-order valence-corrected chi connectivity index (χ4v) is 4.70. The molecule has 0 bridgehead atoms. The Labute approximate surface area is 159 Å². The molecule has 1 spiro atoms. The van der Waals surface area contributed by atoms with E-state index in [4.69, 9.17) is 0 Å². The third-order valence-electron chi connectivity index (χ3n) is 6.36. The van der Waals surface area contributed by atoms with Gasteiger partial charge < -0.3 is 10.2 Å². The number of hydrogen-bond acceptors (Lipinski definition) is 4. The number of benzene rings is 1. The van der Waals surface area contributed by atoms with Crippen LogP contribution in [-0.2, 0) is 4.79 Å². The lowest BCUT2D eigenvalue weighted by molar-refractivity contribution is -0.131. The second-order valence-corrected chi connectivity index (χ2v) is 8.02. The molecule has 1 aliphatic carbocycles. The zero-order chi connectivity index (χ0) is 18.9. The number of likely N-dealkylation sites (tertiary alicyclic amines) is 1. The van der Waals surface area contributed by atoms with E-state index in [1.165, 1.54) is 4.90 Å². The lowest BCUT2D eigenvalue weighted by Gasteiger charge is -2.32. The molecule has 1 saturated carbocycles. The molecule has 1 aromatic carbocycles. The van der Waals surface area contributed by atoms with Crippen molar-refractivity contribution in [1.29, 1.82) is 0 Å². The molecular weight excluding hydrogens is 342 g/mol. The molecule has 2 saturated heterocycles. The van der Waals surface area contributed by atoms with Gasteiger partial charge in [-0.3, -0.25) is 14.5 Å². The van der Waals surface area contributed by atoms with E-state index >= 15 is 0 Å². The average molecular weight is 369 g/mol. The molecule has 0 aromatic heterocycles. The average Bonchev–Trinajstić information content (AvgIpc) is 3.26. The highest BCUT2D eigenvalue weighted by Gasteiger charge is 2.52. The predicted octanol–water partition coefficient (Wildman–Crippen LogP) is 2.45. The Morgan fingerprint density at radius 1 is 1.04 bits per heavy atom. The van der Waals surface area contributed by atoms with E-state index in [2.05, 4.69) is 10.2 Å². The number of rotatable bonds is 5. The molecule has 144 valence electrons. The van der Waals surface area contributed by atoms with E-state index in [0.717, 1.165) is 57.2 Å². The molecule has 3 amide bonds. The molecular formula is C21H27N3O3. The lowest BCUT2D eigenvalue weighted by atomic mass is 9.89. The van der Waals surface area contributed by atoms with E-state index in [0.29, 0.717) is 13.1 Å². The van der Waals surface area contributed by atoms with Gasteiger partial charge >= 0.3 is 6.03 Å². The fourth-order valence-electron chi connectivity index (χ4n) is 4.70. The highest BCUT2D eigenvalue weighted by Crippen LogP contribution is 2.35. The van der Waals surface area contributed by atoms with Gasteiger partial charge in [0.1, 0.15) is 5.54 Å². The Kier molecular flexibility index (Phi) is 5.00. The van der Waals surface area contributed by atoms with Crippen LogP contribution in [0.2, 0.25) is 0 Å². The summed E-state index contributed by atoms with van der Waals surface area (Å²) in [7, 11) is 0. The van der Waals surface area contributed by atoms with Crippen molar-refractivity contribution in [1.82, 2.24) is 15.1 Å². The summed E-state index contributed by atoms with van der Waals surface area (Å²) in [6, 6.07) is 9.24. The van der Waals surface area contributed by atoms with E-state index in [9.17, 15) is 14.4 Å². The largest absolute Gasteiger partial charge is 0.325 e. The molecule has 0 radical (unpaired) electrons. The third-order valence-corrected chi connectivity index (χ3v) is 6.36. The minimum atomic E-state index is -0.619. The van der Waals surface area contributed by atoms with E-state index < -0.39 is 5.54 Å². The second-order valence-electron chi connectivity index (χ2n) is 8.02. The molecule has 1 N–H and O–H groups in total. The SMILES string of the molecule is O=C(c1ccccc1)C1CCN(CCN2C(=O)NC3(CCCC3)C2=O)CC1. The minimum absolute atomic E-state index is 0.0425. The molecule has 2 heterocycles. The Bertz CT molecular complexity index is 719. The van der Waals surface area contributed by atoms with Crippen LogP contribution in [0.5, 0.6) is 0 Å². The maximum Gasteiger partial charge on any atom is 0.325 e. The smallest absolute Gasteiger partial charge is 0.323 e. The molecule has 6 nitrogen and oxygen atoms in total. The standard InChI is InChI=1S/C21H27N3O3/c25-18(16-6-2-1-3-7-16)17-8-12-23(13-9-17)14-15-24-19(26)21(22-20(24)27)10-4-5-11-21/h1-3,6-7,17H,4-5,8-15H2,(H,22,27). The fraction of sp³-hybridized carbons (Fsp3) is 0.571. The summed E-state index contributed by atoms with van der Waals surface area (Å²) >= 11 is 0. The van der Waals surface area contributed by atoms with Gasteiger partial charge in [0, 0.05) is 24.6 Å². The minimum Gasteiger partial charge on any atom is -0.323 e. The summed E-state index contributed by atoms with van der Waals surface area (Å²) in [5.41, 5.74) is 0.170. The summed E-state index contributed by atoms with van der Waals surface area (Å²) in [4.78, 5) is 41.2. The zero-order valence-corrected chi connectivity index (χ0v) is 15.7. The third kappa shape index (κ3) is 3.50. The van der Waals surface area contributed by atoms with E-state index in [1.54, 1.807) is 0 Å². The van der Waals surface area contributed by atoms with E-state index in [1.807, 2.05) is 30.3 Å². The molecule has 6 heteroatoms. The van der Waals surface area contributed by atoms with Crippen molar-refractivity contribution in [2.24, 2.45) is 5.92 Å². The summed E-state index contributed by atoms with van der Waals surface area (Å²) in [6.45, 7) is 2.78. The lowest BCUT2D eigenvalue weighted by Crippen LogP contribution is -2.45. The number of amides is 3. The Morgan fingerprint density at radius 3 is 2.37 bits per heavy atom. The highest BCUT2D eigenvalue weighted by atomic mass is 16.2. The number of ketones is 1. The van der Waals surface area contributed by atoms with Crippen molar-refractivity contribution in [3.63, 3.8) is 0 Å². The zero-order valence-electron chi connectivity index (χ0n) is 15.7. The van der Waals surface area contributed by atoms with Crippen LogP contribution in [0.1, 0.15) is 48.9 Å². The molecule has 3 fully saturated rings. The first kappa shape index (κ1) is 18.2. The van der Waals surface area contributed by atoms with Gasteiger partial charge in [-0.05, 0) is 38.8 Å². The molecule has 0 atom stereocenters. The van der Waals surface area contributed by atoms with Crippen LogP contribution in [0.15, 0.2) is 30.3 Å². The summed E-state index contributed by atoms with van der Waals surface area (Å²) in [6.07, 6.45) is 5.20. The molecule has 27 heavy (non-hydrogen) atoms. The van der Waals surface area contributed by atoms with Gasteiger partial charge in [0.15, 0.2) is 5.78 Å². The number of nitrogens with one attached hydrogen (secondary N) is 1. The maximum atomic E-state index is 12.7. The van der Waals surface area contributed by atoms with Crippen LogP contribution in [0.3, 0.4) is 0 Å². The van der Waals surface area contributed by atoms with Crippen LogP contribution in [0.4, 0.5) is 4.79 Å². The number of piperidine rings is 1. The van der Waals surface area contributed by atoms with Crippen LogP contribution in [0.25, 0.3) is 0 Å². The Hall–Kier alpha value is -2.21. The first-order valence-electron chi connectivity index (χ1n) is 10.0. The number of nitrogens with zero attached hydrogens (tertiary/aromatic N) is 2. The number of imide groups is 1. The number of urea groups is 1. The van der Waals surface area contributed by atoms with Gasteiger partial charge in [0.05, 0.1) is 0 Å². The number of Topliss-reactive ketones (excluding diaryl/α,β-unsaturated/α-hetero) is 1. The number of hydrogen-bond donors (Lipinski definition) is 1. The molecule has 1 aromatic rings. The van der Waals surface area contributed by atoms with Crippen molar-refractivity contribution >= 4 is 17.7 Å². The van der Waals surface area contributed by atoms with Gasteiger partial charge in [-0.25, -0.2) is 4.79 Å². The van der Waals surface area contributed by atoms with E-state index in [-0.39, 0.29) is 23.6 Å². The highest BCUT2D eigenvalue weighted by molar-refractivity contribution is 6.07. The molecule has 3 aliphatic rings.